The molecular formula is C12H12N2O4. The van der Waals surface area contributed by atoms with E-state index in [1.807, 2.05) is 6.92 Å². The monoisotopic (exact) mass is 248 g/mol. The van der Waals surface area contributed by atoms with Gasteiger partial charge < -0.3 is 9.15 Å². The van der Waals surface area contributed by atoms with Crippen LogP contribution >= 0.6 is 0 Å². The summed E-state index contributed by atoms with van der Waals surface area (Å²) < 4.78 is 10.0. The second-order valence-electron chi connectivity index (χ2n) is 3.60. The van der Waals surface area contributed by atoms with Crippen molar-refractivity contribution in [3.8, 4) is 6.01 Å². The highest BCUT2D eigenvalue weighted by molar-refractivity contribution is 5.75. The van der Waals surface area contributed by atoms with Crippen LogP contribution in [-0.2, 0) is 6.42 Å². The summed E-state index contributed by atoms with van der Waals surface area (Å²) >= 11 is 0. The molecule has 0 aromatic carbocycles. The zero-order valence-corrected chi connectivity index (χ0v) is 9.86. The van der Waals surface area contributed by atoms with E-state index in [1.54, 1.807) is 0 Å². The van der Waals surface area contributed by atoms with Gasteiger partial charge in [0.1, 0.15) is 12.0 Å². The van der Waals surface area contributed by atoms with Gasteiger partial charge in [-0.1, -0.05) is 19.6 Å². The smallest absolute Gasteiger partial charge is 0.337 e. The number of nitrogens with one attached hydrogen (secondary N) is 1. The van der Waals surface area contributed by atoms with Crippen LogP contribution in [0.1, 0.15) is 12.5 Å². The molecule has 0 bridgehead atoms. The van der Waals surface area contributed by atoms with Crippen molar-refractivity contribution in [1.82, 2.24) is 9.97 Å². The fraction of sp³-hybridized carbons (Fsp3) is 0.250. The van der Waals surface area contributed by atoms with Crippen molar-refractivity contribution in [2.24, 2.45) is 0 Å². The summed E-state index contributed by atoms with van der Waals surface area (Å²) in [7, 11) is 0. The summed E-state index contributed by atoms with van der Waals surface area (Å²) in [5.41, 5.74) is -0.334. The molecule has 0 aliphatic heterocycles. The third kappa shape index (κ3) is 2.17. The summed E-state index contributed by atoms with van der Waals surface area (Å²) in [6, 6.07) is 1.30. The molecule has 94 valence electrons. The third-order valence-corrected chi connectivity index (χ3v) is 2.39. The number of hydrogen-bond donors (Lipinski definition) is 1. The highest BCUT2D eigenvalue weighted by Gasteiger charge is 2.11. The lowest BCUT2D eigenvalue weighted by Crippen LogP contribution is -2.15. The number of aromatic amines is 1. The van der Waals surface area contributed by atoms with Crippen molar-refractivity contribution < 1.29 is 9.15 Å². The van der Waals surface area contributed by atoms with Gasteiger partial charge in [0, 0.05) is 6.07 Å². The lowest BCUT2D eigenvalue weighted by Gasteiger charge is -2.04. The van der Waals surface area contributed by atoms with E-state index >= 15 is 0 Å². The molecule has 0 amide bonds. The van der Waals surface area contributed by atoms with E-state index in [4.69, 9.17) is 9.15 Å². The van der Waals surface area contributed by atoms with Crippen molar-refractivity contribution in [2.45, 2.75) is 13.3 Å². The molecule has 0 fully saturated rings. The largest absolute Gasteiger partial charge is 0.460 e. The van der Waals surface area contributed by atoms with Crippen LogP contribution in [0.2, 0.25) is 0 Å². The van der Waals surface area contributed by atoms with Crippen LogP contribution in [0.25, 0.3) is 11.1 Å². The van der Waals surface area contributed by atoms with Crippen molar-refractivity contribution in [2.75, 3.05) is 6.61 Å². The molecule has 1 N–H and O–H groups in total. The van der Waals surface area contributed by atoms with Crippen LogP contribution in [0.3, 0.4) is 0 Å². The van der Waals surface area contributed by atoms with E-state index < -0.39 is 5.63 Å². The van der Waals surface area contributed by atoms with Crippen LogP contribution < -0.4 is 15.9 Å². The number of ether oxygens (including phenoxy) is 1. The lowest BCUT2D eigenvalue weighted by atomic mass is 10.1. The van der Waals surface area contributed by atoms with Crippen molar-refractivity contribution in [3.63, 3.8) is 0 Å². The first-order chi connectivity index (χ1) is 8.65. The maximum Gasteiger partial charge on any atom is 0.337 e. The molecule has 0 saturated heterocycles. The molecule has 0 saturated carbocycles. The highest BCUT2D eigenvalue weighted by atomic mass is 16.5. The van der Waals surface area contributed by atoms with E-state index in [2.05, 4.69) is 16.5 Å². The standard InChI is InChI=1S/C12H12N2O4/c1-3-5-17-12-13-10(16)9-7(4-2)6-8(15)18-11(9)14-12/h3,6H,1,4-5H2,2H3,(H,13,14,16). The second-order valence-corrected chi connectivity index (χ2v) is 3.60. The van der Waals surface area contributed by atoms with Crippen LogP contribution in [0, 0.1) is 0 Å². The Morgan fingerprint density at radius 2 is 2.33 bits per heavy atom. The number of aromatic nitrogens is 2. The fourth-order valence-electron chi connectivity index (χ4n) is 1.61. The Bertz CT molecular complexity index is 699. The van der Waals surface area contributed by atoms with Crippen molar-refractivity contribution in [1.29, 1.82) is 0 Å². The van der Waals surface area contributed by atoms with E-state index in [0.29, 0.717) is 12.0 Å². The van der Waals surface area contributed by atoms with Gasteiger partial charge in [-0.3, -0.25) is 9.78 Å². The molecule has 18 heavy (non-hydrogen) atoms. The summed E-state index contributed by atoms with van der Waals surface area (Å²) in [6.45, 7) is 5.53. The Hall–Kier alpha value is -2.37. The molecule has 2 heterocycles. The van der Waals surface area contributed by atoms with Gasteiger partial charge >= 0.3 is 5.63 Å². The Labute approximate surface area is 102 Å². The Kier molecular flexibility index (Phi) is 3.27. The first kappa shape index (κ1) is 12.1. The predicted octanol–water partition coefficient (Wildman–Crippen LogP) is 1.00. The Balaban J connectivity index is 2.69. The van der Waals surface area contributed by atoms with Crippen LogP contribution in [-0.4, -0.2) is 16.6 Å². The van der Waals surface area contributed by atoms with E-state index in [1.165, 1.54) is 12.1 Å². The van der Waals surface area contributed by atoms with E-state index in [-0.39, 0.29) is 29.3 Å². The first-order valence-electron chi connectivity index (χ1n) is 5.46. The molecule has 0 radical (unpaired) electrons. The average molecular weight is 248 g/mol. The first-order valence-corrected chi connectivity index (χ1v) is 5.46. The van der Waals surface area contributed by atoms with Crippen LogP contribution in [0.4, 0.5) is 0 Å². The molecule has 0 atom stereocenters. The highest BCUT2D eigenvalue weighted by Crippen LogP contribution is 2.13. The molecule has 2 rings (SSSR count). The second kappa shape index (κ2) is 4.87. The Morgan fingerprint density at radius 3 is 3.00 bits per heavy atom. The van der Waals surface area contributed by atoms with Gasteiger partial charge in [-0.05, 0) is 12.0 Å². The number of fused-ring (bicyclic) bond motifs is 1. The summed E-state index contributed by atoms with van der Waals surface area (Å²) in [6.07, 6.45) is 2.06. The molecule has 2 aromatic rings. The topological polar surface area (TPSA) is 85.2 Å². The third-order valence-electron chi connectivity index (χ3n) is 2.39. The number of H-pyrrole nitrogens is 1. The zero-order chi connectivity index (χ0) is 13.1. The average Bonchev–Trinajstić information content (AvgIpc) is 2.34. The molecule has 6 heteroatoms. The van der Waals surface area contributed by atoms with Gasteiger partial charge in [0.2, 0.25) is 5.71 Å². The quantitative estimate of drug-likeness (QED) is 0.816. The van der Waals surface area contributed by atoms with E-state index in [0.717, 1.165) is 0 Å². The molecule has 0 spiro atoms. The van der Waals surface area contributed by atoms with Gasteiger partial charge in [0.25, 0.3) is 11.6 Å². The van der Waals surface area contributed by atoms with Gasteiger partial charge in [-0.15, -0.1) is 0 Å². The molecule has 0 unspecified atom stereocenters. The maximum absolute atomic E-state index is 11.9. The van der Waals surface area contributed by atoms with Crippen LogP contribution in [0.15, 0.2) is 32.7 Å². The van der Waals surface area contributed by atoms with Crippen molar-refractivity contribution >= 4 is 11.1 Å². The fourth-order valence-corrected chi connectivity index (χ4v) is 1.61. The molecule has 0 aliphatic carbocycles. The van der Waals surface area contributed by atoms with Crippen LogP contribution in [0.5, 0.6) is 6.01 Å². The lowest BCUT2D eigenvalue weighted by molar-refractivity contribution is 0.331. The van der Waals surface area contributed by atoms with Crippen molar-refractivity contribution in [3.05, 3.63) is 45.1 Å². The summed E-state index contributed by atoms with van der Waals surface area (Å²) in [5, 5.41) is 0.281. The molecular weight excluding hydrogens is 236 g/mol. The minimum Gasteiger partial charge on any atom is -0.460 e. The zero-order valence-electron chi connectivity index (χ0n) is 9.86. The minimum absolute atomic E-state index is 0.00352. The number of hydrogen-bond acceptors (Lipinski definition) is 5. The summed E-state index contributed by atoms with van der Waals surface area (Å²) in [5.74, 6) is 0. The normalized spacial score (nSPS) is 10.5. The summed E-state index contributed by atoms with van der Waals surface area (Å²) in [4.78, 5) is 29.6. The number of rotatable bonds is 4. The SMILES string of the molecule is C=CCOc1nc2oc(=O)cc(CC)c2c(=O)[nH]1. The van der Waals surface area contributed by atoms with Gasteiger partial charge in [0.05, 0.1) is 0 Å². The maximum atomic E-state index is 11.9. The van der Waals surface area contributed by atoms with Gasteiger partial charge in [-0.2, -0.15) is 4.98 Å². The molecule has 6 nitrogen and oxygen atoms in total. The molecule has 2 aromatic heterocycles. The number of aryl methyl sites for hydroxylation is 1. The Morgan fingerprint density at radius 1 is 1.56 bits per heavy atom. The van der Waals surface area contributed by atoms with Gasteiger partial charge in [0.15, 0.2) is 0 Å². The van der Waals surface area contributed by atoms with Gasteiger partial charge in [-0.25, -0.2) is 4.79 Å². The number of nitrogens with zero attached hydrogens (tertiary/aromatic N) is 1. The van der Waals surface area contributed by atoms with E-state index in [9.17, 15) is 9.59 Å². The predicted molar refractivity (Wildman–Crippen MR) is 66.0 cm³/mol. The molecule has 0 aliphatic rings. The minimum atomic E-state index is -0.535.